The minimum atomic E-state index is 0.851. The van der Waals surface area contributed by atoms with Gasteiger partial charge in [-0.2, -0.15) is 0 Å². The minimum absolute atomic E-state index is 0.851. The lowest BCUT2D eigenvalue weighted by Gasteiger charge is -2.16. The molecular weight excluding hydrogens is 579 g/mol. The molecule has 212 valence electrons. The zero-order chi connectivity index (χ0) is 29.9. The SMILES string of the molecule is c1ccc(-c2nc3ccccc3nc2-n2c3cccc4c3c3c5c(cccc5c5sc6ccccc6c5c32)-c2ccccc2-4)cc1. The zero-order valence-corrected chi connectivity index (χ0v) is 25.3. The molecule has 11 rings (SSSR count). The molecule has 0 spiro atoms. The maximum absolute atomic E-state index is 5.46. The molecule has 3 heterocycles. The molecule has 7 aromatic carbocycles. The average molecular weight is 602 g/mol. The van der Waals surface area contributed by atoms with Crippen LogP contribution >= 0.6 is 11.3 Å². The molecule has 1 aliphatic carbocycles. The molecule has 10 aromatic rings. The van der Waals surface area contributed by atoms with Crippen molar-refractivity contribution in [1.82, 2.24) is 14.5 Å². The Hall–Kier alpha value is -5.84. The van der Waals surface area contributed by atoms with Crippen molar-refractivity contribution in [2.45, 2.75) is 0 Å². The summed E-state index contributed by atoms with van der Waals surface area (Å²) >= 11 is 1.89. The molecule has 1 aliphatic rings. The first kappa shape index (κ1) is 24.5. The predicted molar refractivity (Wildman–Crippen MR) is 194 cm³/mol. The molecule has 0 fully saturated rings. The molecule has 0 atom stereocenters. The van der Waals surface area contributed by atoms with Crippen LogP contribution < -0.4 is 0 Å². The third kappa shape index (κ3) is 3.06. The summed E-state index contributed by atoms with van der Waals surface area (Å²) in [4.78, 5) is 10.8. The van der Waals surface area contributed by atoms with Gasteiger partial charge in [0.25, 0.3) is 0 Å². The van der Waals surface area contributed by atoms with Gasteiger partial charge >= 0.3 is 0 Å². The van der Waals surface area contributed by atoms with Crippen molar-refractivity contribution in [3.8, 4) is 39.3 Å². The highest BCUT2D eigenvalue weighted by Crippen LogP contribution is 2.54. The Morgan fingerprint density at radius 2 is 1.09 bits per heavy atom. The molecule has 4 heteroatoms. The Kier molecular flexibility index (Phi) is 4.72. The first-order valence-corrected chi connectivity index (χ1v) is 16.4. The smallest absolute Gasteiger partial charge is 0.165 e. The number of para-hydroxylation sites is 2. The summed E-state index contributed by atoms with van der Waals surface area (Å²) in [5.74, 6) is 0.851. The van der Waals surface area contributed by atoms with Gasteiger partial charge in [-0.15, -0.1) is 11.3 Å². The van der Waals surface area contributed by atoms with E-state index in [4.69, 9.17) is 9.97 Å². The van der Waals surface area contributed by atoms with Crippen LogP contribution in [-0.4, -0.2) is 14.5 Å². The van der Waals surface area contributed by atoms with E-state index in [0.29, 0.717) is 0 Å². The summed E-state index contributed by atoms with van der Waals surface area (Å²) in [7, 11) is 0. The van der Waals surface area contributed by atoms with Gasteiger partial charge in [0.15, 0.2) is 5.82 Å². The summed E-state index contributed by atoms with van der Waals surface area (Å²) in [6, 6.07) is 50.1. The van der Waals surface area contributed by atoms with Gasteiger partial charge < -0.3 is 0 Å². The summed E-state index contributed by atoms with van der Waals surface area (Å²) < 4.78 is 5.03. The Morgan fingerprint density at radius 1 is 0.457 bits per heavy atom. The predicted octanol–water partition coefficient (Wildman–Crippen LogP) is 11.6. The van der Waals surface area contributed by atoms with Gasteiger partial charge in [-0.3, -0.25) is 4.57 Å². The van der Waals surface area contributed by atoms with Gasteiger partial charge in [0.1, 0.15) is 5.69 Å². The standard InChI is InChI=1S/C42H23N3S/c1-2-12-24(13-3-1)39-42(44-32-21-8-7-20-31(32)43-39)45-33-22-11-18-28-26-15-5-4-14-25(26)27-17-10-19-30-35(27)38(36(28)33)40(45)37-29-16-6-9-23-34(29)46-41(30)37/h1-23H. The Balaban J connectivity index is 1.48. The number of hydrogen-bond donors (Lipinski definition) is 0. The van der Waals surface area contributed by atoms with Crippen LogP contribution in [0.5, 0.6) is 0 Å². The molecule has 0 bridgehead atoms. The van der Waals surface area contributed by atoms with Crippen LogP contribution in [0.25, 0.3) is 103 Å². The van der Waals surface area contributed by atoms with Crippen LogP contribution in [0.4, 0.5) is 0 Å². The number of benzene rings is 7. The molecule has 3 nitrogen and oxygen atoms in total. The van der Waals surface area contributed by atoms with Gasteiger partial charge in [0.2, 0.25) is 0 Å². The normalized spacial score (nSPS) is 12.3. The van der Waals surface area contributed by atoms with Crippen LogP contribution in [0.1, 0.15) is 0 Å². The monoisotopic (exact) mass is 601 g/mol. The molecule has 0 saturated heterocycles. The maximum atomic E-state index is 5.46. The molecule has 0 saturated carbocycles. The van der Waals surface area contributed by atoms with Crippen molar-refractivity contribution in [3.05, 3.63) is 140 Å². The van der Waals surface area contributed by atoms with E-state index >= 15 is 0 Å². The molecule has 3 aromatic heterocycles. The average Bonchev–Trinajstić information content (AvgIpc) is 3.64. The molecule has 0 unspecified atom stereocenters. The van der Waals surface area contributed by atoms with Crippen LogP contribution in [0.3, 0.4) is 0 Å². The van der Waals surface area contributed by atoms with Crippen molar-refractivity contribution in [2.24, 2.45) is 0 Å². The molecular formula is C42H23N3S. The number of rotatable bonds is 2. The van der Waals surface area contributed by atoms with Crippen molar-refractivity contribution in [2.75, 3.05) is 0 Å². The molecule has 0 amide bonds. The lowest BCUT2D eigenvalue weighted by atomic mass is 9.93. The number of nitrogens with zero attached hydrogens (tertiary/aromatic N) is 3. The second kappa shape index (κ2) is 8.87. The van der Waals surface area contributed by atoms with Gasteiger partial charge in [0.05, 0.1) is 22.1 Å². The van der Waals surface area contributed by atoms with Gasteiger partial charge in [-0.25, -0.2) is 9.97 Å². The van der Waals surface area contributed by atoms with E-state index in [-0.39, 0.29) is 0 Å². The van der Waals surface area contributed by atoms with E-state index in [0.717, 1.165) is 33.6 Å². The lowest BCUT2D eigenvalue weighted by Crippen LogP contribution is -2.04. The zero-order valence-electron chi connectivity index (χ0n) is 24.5. The molecule has 0 radical (unpaired) electrons. The maximum Gasteiger partial charge on any atom is 0.165 e. The molecule has 0 N–H and O–H groups in total. The number of hydrogen-bond acceptors (Lipinski definition) is 3. The second-order valence-corrected chi connectivity index (χ2v) is 13.1. The minimum Gasteiger partial charge on any atom is -0.291 e. The topological polar surface area (TPSA) is 30.7 Å². The van der Waals surface area contributed by atoms with Crippen molar-refractivity contribution >= 4 is 75.1 Å². The van der Waals surface area contributed by atoms with Gasteiger partial charge in [-0.05, 0) is 46.5 Å². The first-order valence-electron chi connectivity index (χ1n) is 15.6. The Morgan fingerprint density at radius 3 is 1.91 bits per heavy atom. The van der Waals surface area contributed by atoms with E-state index in [1.165, 1.54) is 69.5 Å². The van der Waals surface area contributed by atoms with Gasteiger partial charge in [0, 0.05) is 47.3 Å². The highest BCUT2D eigenvalue weighted by molar-refractivity contribution is 7.27. The summed E-state index contributed by atoms with van der Waals surface area (Å²) in [5, 5.41) is 7.73. The first-order chi connectivity index (χ1) is 22.8. The Labute approximate surface area is 267 Å². The number of thiophene rings is 1. The number of fused-ring (bicyclic) bond motifs is 9. The summed E-state index contributed by atoms with van der Waals surface area (Å²) in [6.45, 7) is 0. The molecule has 46 heavy (non-hydrogen) atoms. The van der Waals surface area contributed by atoms with Crippen LogP contribution in [-0.2, 0) is 0 Å². The fourth-order valence-electron chi connectivity index (χ4n) is 7.86. The quantitative estimate of drug-likeness (QED) is 0.197. The van der Waals surface area contributed by atoms with Gasteiger partial charge in [-0.1, -0.05) is 115 Å². The highest BCUT2D eigenvalue weighted by atomic mass is 32.1. The summed E-state index contributed by atoms with van der Waals surface area (Å²) in [6.07, 6.45) is 0. The van der Waals surface area contributed by atoms with E-state index in [2.05, 4.69) is 132 Å². The highest BCUT2D eigenvalue weighted by Gasteiger charge is 2.29. The third-order valence-corrected chi connectivity index (χ3v) is 10.9. The lowest BCUT2D eigenvalue weighted by molar-refractivity contribution is 1.08. The van der Waals surface area contributed by atoms with E-state index in [1.807, 2.05) is 23.5 Å². The van der Waals surface area contributed by atoms with Crippen molar-refractivity contribution in [1.29, 1.82) is 0 Å². The third-order valence-electron chi connectivity index (χ3n) is 9.70. The van der Waals surface area contributed by atoms with E-state index in [9.17, 15) is 0 Å². The van der Waals surface area contributed by atoms with Crippen LogP contribution in [0.15, 0.2) is 140 Å². The second-order valence-electron chi connectivity index (χ2n) is 12.1. The van der Waals surface area contributed by atoms with Crippen LogP contribution in [0, 0.1) is 0 Å². The number of aromatic nitrogens is 3. The fraction of sp³-hybridized carbons (Fsp3) is 0. The summed E-state index contributed by atoms with van der Waals surface area (Å²) in [5.41, 5.74) is 11.1. The van der Waals surface area contributed by atoms with E-state index in [1.54, 1.807) is 0 Å². The van der Waals surface area contributed by atoms with Crippen molar-refractivity contribution in [3.63, 3.8) is 0 Å². The van der Waals surface area contributed by atoms with Crippen molar-refractivity contribution < 1.29 is 0 Å². The van der Waals surface area contributed by atoms with E-state index < -0.39 is 0 Å². The Bertz CT molecular complexity index is 2910. The fourth-order valence-corrected chi connectivity index (χ4v) is 9.09. The largest absolute Gasteiger partial charge is 0.291 e. The van der Waals surface area contributed by atoms with Crippen LogP contribution in [0.2, 0.25) is 0 Å². The molecule has 0 aliphatic heterocycles.